The van der Waals surface area contributed by atoms with Crippen LogP contribution in [-0.4, -0.2) is 11.1 Å². The molecule has 18 heavy (non-hydrogen) atoms. The molecule has 0 saturated carbocycles. The van der Waals surface area contributed by atoms with Crippen molar-refractivity contribution in [3.63, 3.8) is 0 Å². The minimum atomic E-state index is -1.11. The molecule has 1 aromatic carbocycles. The Bertz CT molecular complexity index is 640. The van der Waals surface area contributed by atoms with E-state index in [0.717, 1.165) is 10.5 Å². The highest BCUT2D eigenvalue weighted by molar-refractivity contribution is 7.99. The number of carboxylic acid groups (broad SMARTS) is 1. The van der Waals surface area contributed by atoms with E-state index >= 15 is 0 Å². The van der Waals surface area contributed by atoms with Gasteiger partial charge in [-0.3, -0.25) is 0 Å². The molecule has 0 saturated heterocycles. The van der Waals surface area contributed by atoms with Crippen molar-refractivity contribution in [3.05, 3.63) is 47.2 Å². The maximum absolute atomic E-state index is 10.7. The highest BCUT2D eigenvalue weighted by Gasteiger charge is 2.11. The third-order valence-electron chi connectivity index (χ3n) is 2.26. The van der Waals surface area contributed by atoms with Crippen LogP contribution in [0.3, 0.4) is 0 Å². The fourth-order valence-electron chi connectivity index (χ4n) is 1.42. The fourth-order valence-corrected chi connectivity index (χ4v) is 2.25. The standard InChI is InChI=1S/C13H9NO3S/c1-8-2-4-11(9(6-8)7-14)18-12-5-3-10(17-12)13(15)16/h2-6H,1H3,(H,15,16). The molecular formula is C13H9NO3S. The number of benzene rings is 1. The summed E-state index contributed by atoms with van der Waals surface area (Å²) in [6, 6.07) is 10.6. The van der Waals surface area contributed by atoms with Crippen molar-refractivity contribution in [2.45, 2.75) is 16.9 Å². The number of carboxylic acids is 1. The van der Waals surface area contributed by atoms with Gasteiger partial charge in [-0.1, -0.05) is 17.8 Å². The van der Waals surface area contributed by atoms with Gasteiger partial charge in [-0.25, -0.2) is 4.79 Å². The Kier molecular flexibility index (Phi) is 3.40. The molecule has 90 valence electrons. The first-order chi connectivity index (χ1) is 8.60. The number of rotatable bonds is 3. The van der Waals surface area contributed by atoms with Crippen molar-refractivity contribution in [1.29, 1.82) is 5.26 Å². The molecule has 1 N–H and O–H groups in total. The van der Waals surface area contributed by atoms with E-state index in [1.165, 1.54) is 17.8 Å². The third-order valence-corrected chi connectivity index (χ3v) is 3.25. The van der Waals surface area contributed by atoms with Gasteiger partial charge in [-0.05, 0) is 36.8 Å². The van der Waals surface area contributed by atoms with Crippen molar-refractivity contribution >= 4 is 17.7 Å². The van der Waals surface area contributed by atoms with Crippen LogP contribution in [0.1, 0.15) is 21.7 Å². The zero-order valence-corrected chi connectivity index (χ0v) is 10.3. The summed E-state index contributed by atoms with van der Waals surface area (Å²) in [6.07, 6.45) is 0. The summed E-state index contributed by atoms with van der Waals surface area (Å²) in [5.41, 5.74) is 1.55. The second-order valence-corrected chi connectivity index (χ2v) is 4.68. The Morgan fingerprint density at radius 1 is 1.39 bits per heavy atom. The van der Waals surface area contributed by atoms with E-state index < -0.39 is 5.97 Å². The predicted octanol–water partition coefficient (Wildman–Crippen LogP) is 3.31. The Hall–Kier alpha value is -2.19. The van der Waals surface area contributed by atoms with Crippen molar-refractivity contribution < 1.29 is 14.3 Å². The van der Waals surface area contributed by atoms with Crippen molar-refractivity contribution in [1.82, 2.24) is 0 Å². The van der Waals surface area contributed by atoms with E-state index in [1.54, 1.807) is 12.1 Å². The second-order valence-electron chi connectivity index (χ2n) is 3.64. The van der Waals surface area contributed by atoms with Crippen LogP contribution in [0.2, 0.25) is 0 Å². The van der Waals surface area contributed by atoms with Gasteiger partial charge in [0.15, 0.2) is 5.09 Å². The predicted molar refractivity (Wildman–Crippen MR) is 65.7 cm³/mol. The van der Waals surface area contributed by atoms with Gasteiger partial charge >= 0.3 is 5.97 Å². The average Bonchev–Trinajstić information content (AvgIpc) is 2.80. The van der Waals surface area contributed by atoms with Gasteiger partial charge in [0.2, 0.25) is 5.76 Å². The molecule has 0 radical (unpaired) electrons. The fraction of sp³-hybridized carbons (Fsp3) is 0.0769. The molecule has 0 spiro atoms. The summed E-state index contributed by atoms with van der Waals surface area (Å²) < 4.78 is 5.13. The van der Waals surface area contributed by atoms with Crippen LogP contribution in [0.4, 0.5) is 0 Å². The lowest BCUT2D eigenvalue weighted by molar-refractivity contribution is 0.0656. The van der Waals surface area contributed by atoms with Gasteiger partial charge in [0.25, 0.3) is 0 Å². The topological polar surface area (TPSA) is 74.2 Å². The Morgan fingerprint density at radius 3 is 2.78 bits per heavy atom. The van der Waals surface area contributed by atoms with Crippen LogP contribution in [0, 0.1) is 18.3 Å². The van der Waals surface area contributed by atoms with Crippen molar-refractivity contribution in [2.24, 2.45) is 0 Å². The Balaban J connectivity index is 2.28. The summed E-state index contributed by atoms with van der Waals surface area (Å²) in [7, 11) is 0. The summed E-state index contributed by atoms with van der Waals surface area (Å²) in [5.74, 6) is -1.21. The lowest BCUT2D eigenvalue weighted by Crippen LogP contribution is -1.91. The minimum absolute atomic E-state index is 0.108. The number of hydrogen-bond acceptors (Lipinski definition) is 4. The lowest BCUT2D eigenvalue weighted by Gasteiger charge is -2.02. The second kappa shape index (κ2) is 4.98. The monoisotopic (exact) mass is 259 g/mol. The smallest absolute Gasteiger partial charge is 0.371 e. The zero-order chi connectivity index (χ0) is 13.1. The van der Waals surface area contributed by atoms with Crippen LogP contribution in [0.15, 0.2) is 44.7 Å². The van der Waals surface area contributed by atoms with Crippen molar-refractivity contribution in [3.8, 4) is 6.07 Å². The van der Waals surface area contributed by atoms with Crippen LogP contribution < -0.4 is 0 Å². The van der Waals surface area contributed by atoms with E-state index in [0.29, 0.717) is 10.7 Å². The molecule has 1 heterocycles. The molecule has 2 rings (SSSR count). The van der Waals surface area contributed by atoms with Gasteiger partial charge in [-0.15, -0.1) is 0 Å². The van der Waals surface area contributed by atoms with Gasteiger partial charge in [0.1, 0.15) is 6.07 Å². The number of hydrogen-bond donors (Lipinski definition) is 1. The highest BCUT2D eigenvalue weighted by atomic mass is 32.2. The van der Waals surface area contributed by atoms with Crippen LogP contribution in [0.25, 0.3) is 0 Å². The molecule has 0 fully saturated rings. The van der Waals surface area contributed by atoms with E-state index in [1.807, 2.05) is 19.1 Å². The molecule has 2 aromatic rings. The van der Waals surface area contributed by atoms with E-state index in [4.69, 9.17) is 14.8 Å². The number of nitrogens with zero attached hydrogens (tertiary/aromatic N) is 1. The number of carbonyl (C=O) groups is 1. The molecule has 0 aliphatic rings. The first-order valence-electron chi connectivity index (χ1n) is 5.12. The highest BCUT2D eigenvalue weighted by Crippen LogP contribution is 2.32. The molecule has 0 aliphatic heterocycles. The van der Waals surface area contributed by atoms with Gasteiger partial charge < -0.3 is 9.52 Å². The molecule has 4 nitrogen and oxygen atoms in total. The van der Waals surface area contributed by atoms with Crippen molar-refractivity contribution in [2.75, 3.05) is 0 Å². The van der Waals surface area contributed by atoms with Gasteiger partial charge in [-0.2, -0.15) is 5.26 Å². The molecule has 1 aromatic heterocycles. The summed E-state index contributed by atoms with van der Waals surface area (Å²) in [5, 5.41) is 18.2. The summed E-state index contributed by atoms with van der Waals surface area (Å²) in [4.78, 5) is 11.4. The van der Waals surface area contributed by atoms with Crippen LogP contribution in [-0.2, 0) is 0 Å². The molecule has 0 unspecified atom stereocenters. The molecule has 5 heteroatoms. The molecule has 0 aliphatic carbocycles. The number of nitriles is 1. The zero-order valence-electron chi connectivity index (χ0n) is 9.51. The quantitative estimate of drug-likeness (QED) is 0.915. The van der Waals surface area contributed by atoms with Crippen LogP contribution in [0.5, 0.6) is 0 Å². The summed E-state index contributed by atoms with van der Waals surface area (Å²) >= 11 is 1.23. The molecular weight excluding hydrogens is 250 g/mol. The SMILES string of the molecule is Cc1ccc(Sc2ccc(C(=O)O)o2)c(C#N)c1. The van der Waals surface area contributed by atoms with Gasteiger partial charge in [0, 0.05) is 4.90 Å². The first-order valence-corrected chi connectivity index (χ1v) is 5.93. The molecule has 0 amide bonds. The van der Waals surface area contributed by atoms with E-state index in [2.05, 4.69) is 6.07 Å². The average molecular weight is 259 g/mol. The van der Waals surface area contributed by atoms with E-state index in [9.17, 15) is 4.79 Å². The Labute approximate surface area is 108 Å². The Morgan fingerprint density at radius 2 is 2.17 bits per heavy atom. The third kappa shape index (κ3) is 2.55. The molecule has 0 atom stereocenters. The number of aryl methyl sites for hydroxylation is 1. The first kappa shape index (κ1) is 12.3. The normalized spacial score (nSPS) is 10.0. The maximum Gasteiger partial charge on any atom is 0.371 e. The number of furan rings is 1. The maximum atomic E-state index is 10.7. The molecule has 0 bridgehead atoms. The largest absolute Gasteiger partial charge is 0.475 e. The van der Waals surface area contributed by atoms with Crippen LogP contribution >= 0.6 is 11.8 Å². The van der Waals surface area contributed by atoms with Gasteiger partial charge in [0.05, 0.1) is 5.56 Å². The van der Waals surface area contributed by atoms with E-state index in [-0.39, 0.29) is 5.76 Å². The lowest BCUT2D eigenvalue weighted by atomic mass is 10.2. The minimum Gasteiger partial charge on any atom is -0.475 e. The summed E-state index contributed by atoms with van der Waals surface area (Å²) in [6.45, 7) is 1.91. The number of aromatic carboxylic acids is 1.